The van der Waals surface area contributed by atoms with Gasteiger partial charge in [0.1, 0.15) is 0 Å². The van der Waals surface area contributed by atoms with Crippen molar-refractivity contribution in [3.8, 4) is 22.3 Å². The van der Waals surface area contributed by atoms with Crippen molar-refractivity contribution in [2.75, 3.05) is 9.71 Å². The first-order chi connectivity index (χ1) is 29.6. The third-order valence-electron chi connectivity index (χ3n) is 13.5. The zero-order valence-electron chi connectivity index (χ0n) is 37.4. The summed E-state index contributed by atoms with van der Waals surface area (Å²) in [6.45, 7) is 20.8. The molecule has 1 aromatic heterocycles. The number of thiophene rings is 1. The Morgan fingerprint density at radius 2 is 1.03 bits per heavy atom. The van der Waals surface area contributed by atoms with Gasteiger partial charge in [-0.05, 0) is 115 Å². The molecular formula is C58H53BN2S. The second-order valence-electron chi connectivity index (χ2n) is 20.6. The molecule has 304 valence electrons. The number of hydrogen-bond donors (Lipinski definition) is 0. The summed E-state index contributed by atoms with van der Waals surface area (Å²) >= 11 is 1.90. The van der Waals surface area contributed by atoms with E-state index < -0.39 is 0 Å². The molecule has 0 atom stereocenters. The van der Waals surface area contributed by atoms with E-state index in [-0.39, 0.29) is 23.1 Å². The first kappa shape index (κ1) is 38.8. The minimum absolute atomic E-state index is 0.0215. The molecule has 0 fully saturated rings. The Morgan fingerprint density at radius 1 is 0.435 bits per heavy atom. The Morgan fingerprint density at radius 3 is 1.73 bits per heavy atom. The molecule has 11 rings (SSSR count). The van der Waals surface area contributed by atoms with E-state index in [1.54, 1.807) is 0 Å². The van der Waals surface area contributed by atoms with Crippen molar-refractivity contribution in [3.05, 3.63) is 174 Å². The summed E-state index contributed by atoms with van der Waals surface area (Å²) in [5.41, 5.74) is 17.8. The lowest BCUT2D eigenvalue weighted by molar-refractivity contribution is 0.590. The summed E-state index contributed by atoms with van der Waals surface area (Å²) in [5.74, 6) is 0. The topological polar surface area (TPSA) is 6.48 Å². The first-order valence-corrected chi connectivity index (χ1v) is 23.0. The van der Waals surface area contributed by atoms with E-state index >= 15 is 0 Å². The highest BCUT2D eigenvalue weighted by Gasteiger charge is 2.46. The van der Waals surface area contributed by atoms with Crippen molar-refractivity contribution in [3.63, 3.8) is 0 Å². The molecule has 0 unspecified atom stereocenters. The molecule has 0 saturated heterocycles. The molecule has 2 nitrogen and oxygen atoms in total. The van der Waals surface area contributed by atoms with Gasteiger partial charge in [0.15, 0.2) is 0 Å². The van der Waals surface area contributed by atoms with Gasteiger partial charge in [0.2, 0.25) is 0 Å². The van der Waals surface area contributed by atoms with Crippen LogP contribution >= 0.6 is 11.3 Å². The second-order valence-corrected chi connectivity index (χ2v) is 21.7. The molecule has 62 heavy (non-hydrogen) atoms. The Balaban J connectivity index is 1.32. The van der Waals surface area contributed by atoms with Crippen molar-refractivity contribution in [2.45, 2.75) is 78.6 Å². The zero-order chi connectivity index (χ0) is 42.9. The summed E-state index contributed by atoms with van der Waals surface area (Å²) in [6, 6.07) is 60.6. The van der Waals surface area contributed by atoms with Gasteiger partial charge in [-0.1, -0.05) is 165 Å². The summed E-state index contributed by atoms with van der Waals surface area (Å²) in [6.07, 6.45) is 0. The molecule has 2 aliphatic heterocycles. The van der Waals surface area contributed by atoms with Crippen molar-refractivity contribution in [1.29, 1.82) is 0 Å². The summed E-state index contributed by atoms with van der Waals surface area (Å²) in [7, 11) is 0. The van der Waals surface area contributed by atoms with E-state index in [1.807, 2.05) is 11.3 Å². The van der Waals surface area contributed by atoms with Gasteiger partial charge in [0, 0.05) is 53.7 Å². The Bertz CT molecular complexity index is 3250. The second kappa shape index (κ2) is 13.7. The SMILES string of the molecule is CC(C)(C)c1ccc(N2B3c4cc5c(cc4N(c4ccc(C(C)(C)C)cc4-c4ccccc4)c4c3c(cc3ccccc43)-c3cc(C(C)(C)C)ccc32)sc2ccccc25)cc1. The maximum atomic E-state index is 2.67. The van der Waals surface area contributed by atoms with Crippen LogP contribution in [-0.2, 0) is 16.2 Å². The highest BCUT2D eigenvalue weighted by atomic mass is 32.1. The molecule has 0 radical (unpaired) electrons. The van der Waals surface area contributed by atoms with Gasteiger partial charge in [0.25, 0.3) is 0 Å². The van der Waals surface area contributed by atoms with E-state index in [0.29, 0.717) is 0 Å². The fraction of sp³-hybridized carbons (Fsp3) is 0.207. The van der Waals surface area contributed by atoms with Gasteiger partial charge in [-0.2, -0.15) is 0 Å². The standard InChI is InChI=1S/C58H53BN2S/c1-56(2,3)38-23-27-41(28-24-38)61-50-30-26-40(58(7,8)9)33-45(50)47-31-37-19-13-14-20-42(37)55-54(47)59(61)48-34-46-43-21-15-16-22-52(43)62-53(46)35-51(48)60(55)49-29-25-39(57(4,5)6)32-44(49)36-17-11-10-12-18-36/h10-35H,1-9H3. The molecule has 0 amide bonds. The van der Waals surface area contributed by atoms with E-state index in [0.717, 1.165) is 0 Å². The Kier molecular flexibility index (Phi) is 8.57. The Labute approximate surface area is 371 Å². The monoisotopic (exact) mass is 820 g/mol. The van der Waals surface area contributed by atoms with Crippen molar-refractivity contribution in [1.82, 2.24) is 0 Å². The van der Waals surface area contributed by atoms with Gasteiger partial charge < -0.3 is 9.71 Å². The van der Waals surface area contributed by atoms with E-state index in [2.05, 4.69) is 230 Å². The number of anilines is 5. The average molecular weight is 821 g/mol. The van der Waals surface area contributed by atoms with Crippen LogP contribution in [0.25, 0.3) is 53.2 Å². The summed E-state index contributed by atoms with van der Waals surface area (Å²) in [5, 5.41) is 5.14. The molecule has 8 aromatic carbocycles. The third kappa shape index (κ3) is 6.05. The highest BCUT2D eigenvalue weighted by molar-refractivity contribution is 7.26. The van der Waals surface area contributed by atoms with Crippen molar-refractivity contribution >= 4 is 88.5 Å². The quantitative estimate of drug-likeness (QED) is 0.164. The fourth-order valence-electron chi connectivity index (χ4n) is 10.1. The fourth-order valence-corrected chi connectivity index (χ4v) is 11.2. The van der Waals surface area contributed by atoms with Gasteiger partial charge in [-0.15, -0.1) is 11.3 Å². The van der Waals surface area contributed by atoms with Crippen LogP contribution in [0.5, 0.6) is 0 Å². The molecule has 0 aliphatic carbocycles. The predicted molar refractivity (Wildman–Crippen MR) is 272 cm³/mol. The minimum Gasteiger partial charge on any atom is -0.376 e. The largest absolute Gasteiger partial charge is 0.376 e. The lowest BCUT2D eigenvalue weighted by Gasteiger charge is -2.47. The average Bonchev–Trinajstić information content (AvgIpc) is 3.62. The van der Waals surface area contributed by atoms with Gasteiger partial charge in [-0.25, -0.2) is 0 Å². The van der Waals surface area contributed by atoms with Gasteiger partial charge >= 0.3 is 6.85 Å². The van der Waals surface area contributed by atoms with Crippen LogP contribution in [0, 0.1) is 0 Å². The van der Waals surface area contributed by atoms with Crippen LogP contribution < -0.4 is 20.6 Å². The molecule has 0 saturated carbocycles. The van der Waals surface area contributed by atoms with Gasteiger partial charge in [-0.3, -0.25) is 0 Å². The molecule has 3 heterocycles. The lowest BCUT2D eigenvalue weighted by Crippen LogP contribution is -2.61. The van der Waals surface area contributed by atoms with Crippen molar-refractivity contribution < 1.29 is 0 Å². The molecule has 4 heteroatoms. The zero-order valence-corrected chi connectivity index (χ0v) is 38.2. The van der Waals surface area contributed by atoms with Crippen LogP contribution in [0.4, 0.5) is 28.4 Å². The number of benzene rings is 8. The number of rotatable bonds is 3. The smallest absolute Gasteiger partial charge is 0.333 e. The van der Waals surface area contributed by atoms with Crippen LogP contribution in [0.3, 0.4) is 0 Å². The molecule has 9 aromatic rings. The van der Waals surface area contributed by atoms with E-state index in [9.17, 15) is 0 Å². The number of hydrogen-bond acceptors (Lipinski definition) is 3. The number of fused-ring (bicyclic) bond motifs is 9. The normalized spacial score (nSPS) is 13.8. The Hall–Kier alpha value is -6.10. The van der Waals surface area contributed by atoms with Crippen molar-refractivity contribution in [2.24, 2.45) is 0 Å². The minimum atomic E-state index is -0.0959. The van der Waals surface area contributed by atoms with Crippen LogP contribution in [0.1, 0.15) is 79.0 Å². The lowest BCUT2D eigenvalue weighted by atomic mass is 9.43. The molecule has 2 aliphatic rings. The summed E-state index contributed by atoms with van der Waals surface area (Å²) in [4.78, 5) is 5.33. The number of nitrogens with zero attached hydrogens (tertiary/aromatic N) is 2. The van der Waals surface area contributed by atoms with Crippen LogP contribution in [-0.4, -0.2) is 6.85 Å². The highest BCUT2D eigenvalue weighted by Crippen LogP contribution is 2.52. The molecule has 0 bridgehead atoms. The molecular weight excluding hydrogens is 768 g/mol. The van der Waals surface area contributed by atoms with Crippen LogP contribution in [0.15, 0.2) is 158 Å². The molecule has 0 spiro atoms. The van der Waals surface area contributed by atoms with Crippen LogP contribution in [0.2, 0.25) is 0 Å². The van der Waals surface area contributed by atoms with E-state index in [1.165, 1.54) is 109 Å². The first-order valence-electron chi connectivity index (χ1n) is 22.2. The molecule has 0 N–H and O–H groups in total. The predicted octanol–water partition coefficient (Wildman–Crippen LogP) is 15.5. The maximum absolute atomic E-state index is 2.67. The van der Waals surface area contributed by atoms with E-state index in [4.69, 9.17) is 0 Å². The maximum Gasteiger partial charge on any atom is 0.333 e. The third-order valence-corrected chi connectivity index (χ3v) is 14.6. The van der Waals surface area contributed by atoms with Gasteiger partial charge in [0.05, 0.1) is 11.4 Å². The summed E-state index contributed by atoms with van der Waals surface area (Å²) < 4.78 is 2.62.